The van der Waals surface area contributed by atoms with Crippen molar-refractivity contribution in [2.75, 3.05) is 37.6 Å². The molecule has 2 aromatic carbocycles. The van der Waals surface area contributed by atoms with Crippen molar-refractivity contribution in [3.8, 4) is 0 Å². The largest absolute Gasteiger partial charge is 0.387 e. The molecular weight excluding hydrogens is 377 g/mol. The molecule has 0 spiro atoms. The summed E-state index contributed by atoms with van der Waals surface area (Å²) in [4.78, 5) is 4.91. The highest BCUT2D eigenvalue weighted by molar-refractivity contribution is 5.46. The molecule has 1 aliphatic rings. The number of aliphatic hydroxyl groups is 1. The average molecular weight is 408 g/mol. The summed E-state index contributed by atoms with van der Waals surface area (Å²) in [6.45, 7) is 5.61. The first kappa shape index (κ1) is 20.6. The highest BCUT2D eigenvalue weighted by atomic mass is 19.1. The van der Waals surface area contributed by atoms with Crippen LogP contribution >= 0.6 is 0 Å². The van der Waals surface area contributed by atoms with Crippen LogP contribution in [0, 0.1) is 5.82 Å². The van der Waals surface area contributed by atoms with Gasteiger partial charge in [0.2, 0.25) is 0 Å². The maximum atomic E-state index is 14.0. The van der Waals surface area contributed by atoms with E-state index in [4.69, 9.17) is 0 Å². The highest BCUT2D eigenvalue weighted by Gasteiger charge is 2.18. The van der Waals surface area contributed by atoms with Crippen molar-refractivity contribution in [3.05, 3.63) is 90.0 Å². The van der Waals surface area contributed by atoms with Crippen molar-refractivity contribution in [2.24, 2.45) is 0 Å². The number of aromatic nitrogens is 1. The number of para-hydroxylation sites is 1. The predicted molar refractivity (Wildman–Crippen MR) is 119 cm³/mol. The normalized spacial score (nSPS) is 16.0. The molecule has 1 saturated heterocycles. The lowest BCUT2D eigenvalue weighted by molar-refractivity contribution is 0.146. The van der Waals surface area contributed by atoms with E-state index in [2.05, 4.69) is 40.1 Å². The smallest absolute Gasteiger partial charge is 0.128 e. The van der Waals surface area contributed by atoms with Crippen molar-refractivity contribution in [2.45, 2.75) is 25.5 Å². The van der Waals surface area contributed by atoms with Gasteiger partial charge in [-0.05, 0) is 49.7 Å². The molecule has 0 amide bonds. The molecule has 158 valence electrons. The number of hydrogen-bond donors (Lipinski definition) is 1. The summed E-state index contributed by atoms with van der Waals surface area (Å²) in [7, 11) is 0. The van der Waals surface area contributed by atoms with Crippen LogP contribution in [-0.4, -0.2) is 47.3 Å². The summed E-state index contributed by atoms with van der Waals surface area (Å²) >= 11 is 0. The molecule has 4 nitrogen and oxygen atoms in total. The molecule has 1 atom stereocenters. The van der Waals surface area contributed by atoms with Crippen LogP contribution in [-0.2, 0) is 6.54 Å². The standard InChI is InChI=1S/C25H30FN3O/c26-23-11-5-4-8-21(23)20-29-15-6-12-24(29)25(30)13-7-14-27-16-18-28(19-17-27)22-9-2-1-3-10-22/h1-6,8-12,15,25,30H,7,13-14,16-20H2. The maximum Gasteiger partial charge on any atom is 0.128 e. The number of aliphatic hydroxyl groups excluding tert-OH is 1. The summed E-state index contributed by atoms with van der Waals surface area (Å²) in [5, 5.41) is 10.7. The monoisotopic (exact) mass is 407 g/mol. The molecule has 1 aromatic heterocycles. The molecule has 0 radical (unpaired) electrons. The second kappa shape index (κ2) is 9.92. The molecule has 0 aliphatic carbocycles. The third-order valence-corrected chi connectivity index (χ3v) is 5.95. The van der Waals surface area contributed by atoms with Gasteiger partial charge in [-0.3, -0.25) is 4.90 Å². The minimum Gasteiger partial charge on any atom is -0.387 e. The summed E-state index contributed by atoms with van der Waals surface area (Å²) in [5.74, 6) is -0.207. The van der Waals surface area contributed by atoms with E-state index in [-0.39, 0.29) is 5.82 Å². The van der Waals surface area contributed by atoms with Gasteiger partial charge in [0, 0.05) is 49.3 Å². The summed E-state index contributed by atoms with van der Waals surface area (Å²) < 4.78 is 15.9. The fraction of sp³-hybridized carbons (Fsp3) is 0.360. The lowest BCUT2D eigenvalue weighted by Gasteiger charge is -2.36. The average Bonchev–Trinajstić information content (AvgIpc) is 3.25. The lowest BCUT2D eigenvalue weighted by atomic mass is 10.1. The number of piperazine rings is 1. The molecule has 1 unspecified atom stereocenters. The minimum absolute atomic E-state index is 0.207. The van der Waals surface area contributed by atoms with E-state index in [9.17, 15) is 9.50 Å². The molecule has 3 aromatic rings. The minimum atomic E-state index is -0.530. The van der Waals surface area contributed by atoms with E-state index in [0.29, 0.717) is 18.5 Å². The molecule has 2 heterocycles. The quantitative estimate of drug-likeness (QED) is 0.604. The number of nitrogens with zero attached hydrogens (tertiary/aromatic N) is 3. The second-order valence-electron chi connectivity index (χ2n) is 7.97. The number of rotatable bonds is 8. The Kier molecular flexibility index (Phi) is 6.82. The molecule has 1 N–H and O–H groups in total. The Bertz CT molecular complexity index is 919. The van der Waals surface area contributed by atoms with Crippen molar-refractivity contribution in [1.82, 2.24) is 9.47 Å². The van der Waals surface area contributed by atoms with Gasteiger partial charge >= 0.3 is 0 Å². The van der Waals surface area contributed by atoms with Crippen LogP contribution in [0.1, 0.15) is 30.2 Å². The zero-order chi connectivity index (χ0) is 20.8. The lowest BCUT2D eigenvalue weighted by Crippen LogP contribution is -2.46. The molecule has 30 heavy (non-hydrogen) atoms. The fourth-order valence-corrected chi connectivity index (χ4v) is 4.21. The van der Waals surface area contributed by atoms with Crippen molar-refractivity contribution < 1.29 is 9.50 Å². The molecule has 5 heteroatoms. The first-order chi connectivity index (χ1) is 14.7. The zero-order valence-electron chi connectivity index (χ0n) is 17.3. The number of hydrogen-bond acceptors (Lipinski definition) is 3. The Morgan fingerprint density at radius 1 is 0.867 bits per heavy atom. The molecule has 0 bridgehead atoms. The van der Waals surface area contributed by atoms with Gasteiger partial charge in [0.05, 0.1) is 12.6 Å². The zero-order valence-corrected chi connectivity index (χ0v) is 17.3. The third-order valence-electron chi connectivity index (χ3n) is 5.95. The van der Waals surface area contributed by atoms with Gasteiger partial charge in [-0.1, -0.05) is 36.4 Å². The molecular formula is C25H30FN3O. The van der Waals surface area contributed by atoms with Crippen molar-refractivity contribution in [3.63, 3.8) is 0 Å². The van der Waals surface area contributed by atoms with Crippen molar-refractivity contribution >= 4 is 5.69 Å². The number of halogens is 1. The van der Waals surface area contributed by atoms with Gasteiger partial charge < -0.3 is 14.6 Å². The SMILES string of the molecule is OC(CCCN1CCN(c2ccccc2)CC1)c1cccn1Cc1ccccc1F. The van der Waals surface area contributed by atoms with E-state index in [1.165, 1.54) is 11.8 Å². The highest BCUT2D eigenvalue weighted by Crippen LogP contribution is 2.22. The van der Waals surface area contributed by atoms with Gasteiger partial charge in [0.25, 0.3) is 0 Å². The van der Waals surface area contributed by atoms with Crippen LogP contribution < -0.4 is 4.90 Å². The van der Waals surface area contributed by atoms with E-state index in [1.54, 1.807) is 12.1 Å². The predicted octanol–water partition coefficient (Wildman–Crippen LogP) is 4.31. The van der Waals surface area contributed by atoms with Crippen LogP contribution in [0.5, 0.6) is 0 Å². The molecule has 0 saturated carbocycles. The van der Waals surface area contributed by atoms with Gasteiger partial charge in [0.1, 0.15) is 5.82 Å². The van der Waals surface area contributed by atoms with Crippen LogP contribution in [0.3, 0.4) is 0 Å². The second-order valence-corrected chi connectivity index (χ2v) is 7.97. The Labute approximate surface area is 178 Å². The van der Waals surface area contributed by atoms with Crippen LogP contribution in [0.25, 0.3) is 0 Å². The van der Waals surface area contributed by atoms with Gasteiger partial charge in [0.15, 0.2) is 0 Å². The van der Waals surface area contributed by atoms with E-state index >= 15 is 0 Å². The first-order valence-electron chi connectivity index (χ1n) is 10.8. The Hall–Kier alpha value is -2.63. The molecule has 1 aliphatic heterocycles. The summed E-state index contributed by atoms with van der Waals surface area (Å²) in [6.07, 6.45) is 3.03. The van der Waals surface area contributed by atoms with E-state index in [0.717, 1.165) is 44.8 Å². The van der Waals surface area contributed by atoms with E-state index < -0.39 is 6.10 Å². The van der Waals surface area contributed by atoms with Gasteiger partial charge in [-0.25, -0.2) is 4.39 Å². The Morgan fingerprint density at radius 2 is 1.60 bits per heavy atom. The van der Waals surface area contributed by atoms with Crippen LogP contribution in [0.15, 0.2) is 72.9 Å². The molecule has 1 fully saturated rings. The van der Waals surface area contributed by atoms with Crippen LogP contribution in [0.2, 0.25) is 0 Å². The Balaban J connectivity index is 1.24. The van der Waals surface area contributed by atoms with Gasteiger partial charge in [-0.2, -0.15) is 0 Å². The van der Waals surface area contributed by atoms with Crippen molar-refractivity contribution in [1.29, 1.82) is 0 Å². The first-order valence-corrected chi connectivity index (χ1v) is 10.8. The fourth-order valence-electron chi connectivity index (χ4n) is 4.21. The third kappa shape index (κ3) is 5.10. The van der Waals surface area contributed by atoms with E-state index in [1.807, 2.05) is 29.0 Å². The summed E-state index contributed by atoms with van der Waals surface area (Å²) in [6, 6.07) is 21.2. The Morgan fingerprint density at radius 3 is 2.37 bits per heavy atom. The summed E-state index contributed by atoms with van der Waals surface area (Å²) in [5.41, 5.74) is 2.79. The van der Waals surface area contributed by atoms with Crippen LogP contribution in [0.4, 0.5) is 10.1 Å². The maximum absolute atomic E-state index is 14.0. The molecule has 4 rings (SSSR count). The number of benzene rings is 2. The topological polar surface area (TPSA) is 31.6 Å². The van der Waals surface area contributed by atoms with Gasteiger partial charge in [-0.15, -0.1) is 0 Å². The number of anilines is 1.